The number of rotatable bonds is 6. The lowest BCUT2D eigenvalue weighted by Crippen LogP contribution is -2.41. The van der Waals surface area contributed by atoms with Gasteiger partial charge >= 0.3 is 0 Å². The monoisotopic (exact) mass is 338 g/mol. The molecule has 1 fully saturated rings. The van der Waals surface area contributed by atoms with Crippen molar-refractivity contribution in [1.29, 1.82) is 0 Å². The summed E-state index contributed by atoms with van der Waals surface area (Å²) in [5.41, 5.74) is 2.12. The largest absolute Gasteiger partial charge is 0.487 e. The van der Waals surface area contributed by atoms with E-state index in [0.717, 1.165) is 23.9 Å². The van der Waals surface area contributed by atoms with Crippen LogP contribution in [0.4, 0.5) is 0 Å². The minimum Gasteiger partial charge on any atom is -0.487 e. The molecule has 132 valence electrons. The van der Waals surface area contributed by atoms with E-state index in [2.05, 4.69) is 32.7 Å². The summed E-state index contributed by atoms with van der Waals surface area (Å²) in [5, 5.41) is 6.87. The summed E-state index contributed by atoms with van der Waals surface area (Å²) in [7, 11) is 1.82. The number of ether oxygens (including phenoxy) is 1. The molecule has 3 rings (SSSR count). The molecule has 0 unspecified atom stereocenters. The van der Waals surface area contributed by atoms with Gasteiger partial charge in [0.25, 0.3) is 0 Å². The Morgan fingerprint density at radius 1 is 1.16 bits per heavy atom. The van der Waals surface area contributed by atoms with Gasteiger partial charge in [-0.1, -0.05) is 31.0 Å². The first-order valence-electron chi connectivity index (χ1n) is 8.92. The number of aliphatic imine (C=N–C) groups is 1. The van der Waals surface area contributed by atoms with E-state index in [1.54, 1.807) is 6.20 Å². The van der Waals surface area contributed by atoms with Crippen LogP contribution in [0.2, 0.25) is 0 Å². The highest BCUT2D eigenvalue weighted by atomic mass is 16.5. The molecule has 1 aliphatic rings. The lowest BCUT2D eigenvalue weighted by molar-refractivity contribution is 0.301. The van der Waals surface area contributed by atoms with Crippen molar-refractivity contribution in [1.82, 2.24) is 15.6 Å². The maximum absolute atomic E-state index is 5.76. The van der Waals surface area contributed by atoms with Crippen LogP contribution in [0, 0.1) is 0 Å². The van der Waals surface area contributed by atoms with Crippen LogP contribution in [0.15, 0.2) is 53.7 Å². The van der Waals surface area contributed by atoms with Crippen LogP contribution in [-0.4, -0.2) is 24.0 Å². The Kier molecular flexibility index (Phi) is 6.26. The van der Waals surface area contributed by atoms with E-state index in [9.17, 15) is 0 Å². The minimum absolute atomic E-state index is 0.483. The zero-order chi connectivity index (χ0) is 17.3. The summed E-state index contributed by atoms with van der Waals surface area (Å²) in [4.78, 5) is 8.57. The van der Waals surface area contributed by atoms with Gasteiger partial charge in [0.05, 0.1) is 5.69 Å². The molecule has 0 amide bonds. The van der Waals surface area contributed by atoms with Crippen molar-refractivity contribution in [2.45, 2.75) is 44.9 Å². The Morgan fingerprint density at radius 3 is 2.64 bits per heavy atom. The summed E-state index contributed by atoms with van der Waals surface area (Å²) in [6.45, 7) is 1.23. The highest BCUT2D eigenvalue weighted by Crippen LogP contribution is 2.17. The number of pyridine rings is 1. The summed E-state index contributed by atoms with van der Waals surface area (Å²) in [6.07, 6.45) is 6.88. The molecule has 0 spiro atoms. The average Bonchev–Trinajstić information content (AvgIpc) is 3.18. The van der Waals surface area contributed by atoms with Crippen molar-refractivity contribution in [3.63, 3.8) is 0 Å². The van der Waals surface area contributed by atoms with Crippen molar-refractivity contribution < 1.29 is 4.74 Å². The quantitative estimate of drug-likeness (QED) is 0.627. The molecule has 0 radical (unpaired) electrons. The van der Waals surface area contributed by atoms with Gasteiger partial charge in [0, 0.05) is 25.8 Å². The fourth-order valence-corrected chi connectivity index (χ4v) is 2.99. The highest BCUT2D eigenvalue weighted by molar-refractivity contribution is 5.79. The molecule has 25 heavy (non-hydrogen) atoms. The van der Waals surface area contributed by atoms with Crippen LogP contribution in [-0.2, 0) is 13.2 Å². The molecule has 0 bridgehead atoms. The lowest BCUT2D eigenvalue weighted by Gasteiger charge is -2.17. The fourth-order valence-electron chi connectivity index (χ4n) is 2.99. The summed E-state index contributed by atoms with van der Waals surface area (Å²) in [5.74, 6) is 1.73. The zero-order valence-electron chi connectivity index (χ0n) is 14.7. The normalized spacial score (nSPS) is 15.2. The summed E-state index contributed by atoms with van der Waals surface area (Å²) in [6, 6.07) is 14.5. The average molecular weight is 338 g/mol. The molecule has 1 aliphatic carbocycles. The fraction of sp³-hybridized carbons (Fsp3) is 0.400. The van der Waals surface area contributed by atoms with Crippen molar-refractivity contribution in [2.75, 3.05) is 7.05 Å². The van der Waals surface area contributed by atoms with Crippen LogP contribution < -0.4 is 15.4 Å². The number of guanidine groups is 1. The number of benzene rings is 1. The van der Waals surface area contributed by atoms with E-state index < -0.39 is 0 Å². The molecule has 1 aromatic carbocycles. The molecule has 0 atom stereocenters. The summed E-state index contributed by atoms with van der Waals surface area (Å²) >= 11 is 0. The molecule has 2 N–H and O–H groups in total. The molecule has 0 aliphatic heterocycles. The lowest BCUT2D eigenvalue weighted by atomic mass is 10.2. The number of hydrogen-bond donors (Lipinski definition) is 2. The van der Waals surface area contributed by atoms with E-state index >= 15 is 0 Å². The third-order valence-electron chi connectivity index (χ3n) is 4.42. The molecule has 0 saturated heterocycles. The van der Waals surface area contributed by atoms with Gasteiger partial charge in [-0.25, -0.2) is 0 Å². The molecular formula is C20H26N4O. The van der Waals surface area contributed by atoms with E-state index in [0.29, 0.717) is 12.6 Å². The smallest absolute Gasteiger partial charge is 0.191 e. The van der Waals surface area contributed by atoms with Crippen LogP contribution in [0.3, 0.4) is 0 Å². The third kappa shape index (κ3) is 5.48. The Morgan fingerprint density at radius 2 is 1.96 bits per heavy atom. The van der Waals surface area contributed by atoms with E-state index in [4.69, 9.17) is 4.74 Å². The maximum Gasteiger partial charge on any atom is 0.191 e. The first-order valence-corrected chi connectivity index (χ1v) is 8.92. The standard InChI is InChI=1S/C20H26N4O/c1-21-20(24-17-6-2-3-7-17)23-14-16-9-11-19(12-10-16)25-15-18-8-4-5-13-22-18/h4-5,8-13,17H,2-3,6-7,14-15H2,1H3,(H2,21,23,24). The molecule has 1 heterocycles. The second-order valence-electron chi connectivity index (χ2n) is 6.31. The first kappa shape index (κ1) is 17.3. The second kappa shape index (κ2) is 9.06. The minimum atomic E-state index is 0.483. The maximum atomic E-state index is 5.76. The number of aromatic nitrogens is 1. The molecular weight excluding hydrogens is 312 g/mol. The third-order valence-corrected chi connectivity index (χ3v) is 4.42. The van der Waals surface area contributed by atoms with Crippen molar-refractivity contribution in [2.24, 2.45) is 4.99 Å². The predicted molar refractivity (Wildman–Crippen MR) is 101 cm³/mol. The van der Waals surface area contributed by atoms with Gasteiger partial charge < -0.3 is 15.4 Å². The van der Waals surface area contributed by atoms with Gasteiger partial charge in [-0.05, 0) is 42.7 Å². The van der Waals surface area contributed by atoms with Crippen molar-refractivity contribution in [3.8, 4) is 5.75 Å². The Hall–Kier alpha value is -2.56. The number of nitrogens with zero attached hydrogens (tertiary/aromatic N) is 2. The zero-order valence-corrected chi connectivity index (χ0v) is 14.7. The van der Waals surface area contributed by atoms with Crippen LogP contribution >= 0.6 is 0 Å². The van der Waals surface area contributed by atoms with Gasteiger partial charge in [0.1, 0.15) is 12.4 Å². The van der Waals surface area contributed by atoms with Gasteiger partial charge in [0.15, 0.2) is 5.96 Å². The molecule has 2 aromatic rings. The number of nitrogens with one attached hydrogen (secondary N) is 2. The van der Waals surface area contributed by atoms with Crippen LogP contribution in [0.5, 0.6) is 5.75 Å². The van der Waals surface area contributed by atoms with Gasteiger partial charge in [0.2, 0.25) is 0 Å². The summed E-state index contributed by atoms with van der Waals surface area (Å²) < 4.78 is 5.76. The van der Waals surface area contributed by atoms with Gasteiger partial charge in [-0.2, -0.15) is 0 Å². The van der Waals surface area contributed by atoms with E-state index in [-0.39, 0.29) is 0 Å². The highest BCUT2D eigenvalue weighted by Gasteiger charge is 2.15. The first-order chi connectivity index (χ1) is 12.3. The SMILES string of the molecule is CN=C(NCc1ccc(OCc2ccccn2)cc1)NC1CCCC1. The molecule has 5 nitrogen and oxygen atoms in total. The molecule has 1 aromatic heterocycles. The number of hydrogen-bond acceptors (Lipinski definition) is 3. The van der Waals surface area contributed by atoms with Crippen molar-refractivity contribution >= 4 is 5.96 Å². The second-order valence-corrected chi connectivity index (χ2v) is 6.31. The Balaban J connectivity index is 1.45. The van der Waals surface area contributed by atoms with Crippen LogP contribution in [0.25, 0.3) is 0 Å². The van der Waals surface area contributed by atoms with Gasteiger partial charge in [-0.15, -0.1) is 0 Å². The van der Waals surface area contributed by atoms with E-state index in [1.165, 1.54) is 31.2 Å². The predicted octanol–water partition coefficient (Wildman–Crippen LogP) is 3.27. The molecule has 5 heteroatoms. The topological polar surface area (TPSA) is 58.5 Å². The molecule has 1 saturated carbocycles. The Bertz CT molecular complexity index is 664. The van der Waals surface area contributed by atoms with Crippen molar-refractivity contribution in [3.05, 3.63) is 59.9 Å². The van der Waals surface area contributed by atoms with E-state index in [1.807, 2.05) is 37.4 Å². The van der Waals surface area contributed by atoms with Crippen LogP contribution in [0.1, 0.15) is 36.9 Å². The van der Waals surface area contributed by atoms with Gasteiger partial charge in [-0.3, -0.25) is 9.98 Å². The Labute approximate surface area is 149 Å².